The van der Waals surface area contributed by atoms with Crippen molar-refractivity contribution in [2.75, 3.05) is 6.54 Å². The molecule has 0 saturated carbocycles. The lowest BCUT2D eigenvalue weighted by atomic mass is 10.2. The van der Waals surface area contributed by atoms with Crippen molar-refractivity contribution >= 4 is 5.91 Å². The van der Waals surface area contributed by atoms with Gasteiger partial charge >= 0.3 is 0 Å². The average molecular weight is 356 g/mol. The van der Waals surface area contributed by atoms with E-state index >= 15 is 0 Å². The van der Waals surface area contributed by atoms with Crippen LogP contribution in [-0.2, 0) is 20.1 Å². The van der Waals surface area contributed by atoms with Crippen LogP contribution in [0.3, 0.4) is 0 Å². The zero-order valence-electron chi connectivity index (χ0n) is 14.8. The van der Waals surface area contributed by atoms with E-state index in [1.807, 2.05) is 24.7 Å². The second-order valence-electron chi connectivity index (χ2n) is 6.11. The molecule has 2 aromatic heterocycles. The van der Waals surface area contributed by atoms with Crippen molar-refractivity contribution in [3.63, 3.8) is 0 Å². The Morgan fingerprint density at radius 1 is 1.27 bits per heavy atom. The predicted octanol–water partition coefficient (Wildman–Crippen LogP) is 2.25. The van der Waals surface area contributed by atoms with Gasteiger partial charge in [-0.15, -0.1) is 5.10 Å². The number of hydrogen-bond donors (Lipinski definition) is 0. The minimum Gasteiger partial charge on any atom is -0.337 e. The van der Waals surface area contributed by atoms with Crippen molar-refractivity contribution in [1.82, 2.24) is 29.4 Å². The van der Waals surface area contributed by atoms with Gasteiger partial charge in [0.25, 0.3) is 5.91 Å². The normalized spacial score (nSPS) is 10.9. The second-order valence-corrected chi connectivity index (χ2v) is 6.11. The summed E-state index contributed by atoms with van der Waals surface area (Å²) in [5.41, 5.74) is 1.17. The third-order valence-electron chi connectivity index (χ3n) is 4.05. The number of carbonyl (C=O) groups excluding carboxylic acids is 1. The third-order valence-corrected chi connectivity index (χ3v) is 4.05. The molecule has 8 heteroatoms. The molecule has 0 aliphatic carbocycles. The molecule has 2 heterocycles. The fourth-order valence-electron chi connectivity index (χ4n) is 2.65. The molecule has 0 spiro atoms. The quantitative estimate of drug-likeness (QED) is 0.651. The highest BCUT2D eigenvalue weighted by molar-refractivity contribution is 5.91. The van der Waals surface area contributed by atoms with Crippen LogP contribution < -0.4 is 0 Å². The number of halogens is 1. The van der Waals surface area contributed by atoms with E-state index in [2.05, 4.69) is 15.3 Å². The van der Waals surface area contributed by atoms with Crippen LogP contribution in [0.5, 0.6) is 0 Å². The lowest BCUT2D eigenvalue weighted by Gasteiger charge is -2.20. The van der Waals surface area contributed by atoms with Crippen LogP contribution in [0.15, 0.2) is 42.9 Å². The van der Waals surface area contributed by atoms with E-state index in [0.717, 1.165) is 17.8 Å². The van der Waals surface area contributed by atoms with Gasteiger partial charge in [-0.1, -0.05) is 24.3 Å². The molecule has 0 saturated heterocycles. The van der Waals surface area contributed by atoms with Gasteiger partial charge < -0.3 is 9.47 Å². The number of aromatic nitrogens is 5. The van der Waals surface area contributed by atoms with Gasteiger partial charge in [-0.2, -0.15) is 0 Å². The highest BCUT2D eigenvalue weighted by Gasteiger charge is 2.20. The van der Waals surface area contributed by atoms with Gasteiger partial charge in [0.05, 0.1) is 19.3 Å². The standard InChI is InChI=1S/C18H21FN6O/c1-3-9-24(13-17-20-8-10-23(17)2)18(26)16-12-25(22-21-16)11-14-4-6-15(19)7-5-14/h4-8,10,12H,3,9,11,13H2,1-2H3. The van der Waals surface area contributed by atoms with Crippen molar-refractivity contribution in [2.24, 2.45) is 7.05 Å². The van der Waals surface area contributed by atoms with Gasteiger partial charge in [0.2, 0.25) is 0 Å². The maximum atomic E-state index is 13.0. The van der Waals surface area contributed by atoms with Gasteiger partial charge in [-0.05, 0) is 24.1 Å². The summed E-state index contributed by atoms with van der Waals surface area (Å²) in [6, 6.07) is 6.16. The monoisotopic (exact) mass is 356 g/mol. The molecular formula is C18H21FN6O. The molecule has 0 N–H and O–H groups in total. The van der Waals surface area contributed by atoms with E-state index in [0.29, 0.717) is 19.6 Å². The van der Waals surface area contributed by atoms with Crippen LogP contribution >= 0.6 is 0 Å². The molecule has 136 valence electrons. The number of imidazole rings is 1. The Hall–Kier alpha value is -3.03. The number of aryl methyl sites for hydroxylation is 1. The average Bonchev–Trinajstić information content (AvgIpc) is 3.25. The summed E-state index contributed by atoms with van der Waals surface area (Å²) in [6.07, 6.45) is 6.01. The topological polar surface area (TPSA) is 68.8 Å². The molecule has 26 heavy (non-hydrogen) atoms. The third kappa shape index (κ3) is 4.14. The van der Waals surface area contributed by atoms with Crippen molar-refractivity contribution in [2.45, 2.75) is 26.4 Å². The number of amides is 1. The summed E-state index contributed by atoms with van der Waals surface area (Å²) in [5.74, 6) is 0.346. The minimum absolute atomic E-state index is 0.180. The Morgan fingerprint density at radius 3 is 2.69 bits per heavy atom. The summed E-state index contributed by atoms with van der Waals surface area (Å²) in [6.45, 7) is 3.47. The van der Waals surface area contributed by atoms with Gasteiger partial charge in [-0.25, -0.2) is 14.1 Å². The first-order valence-corrected chi connectivity index (χ1v) is 8.47. The van der Waals surface area contributed by atoms with E-state index in [9.17, 15) is 9.18 Å². The van der Waals surface area contributed by atoms with E-state index in [4.69, 9.17) is 0 Å². The first-order chi connectivity index (χ1) is 12.6. The summed E-state index contributed by atoms with van der Waals surface area (Å²) in [4.78, 5) is 18.8. The molecule has 0 aliphatic heterocycles. The number of rotatable bonds is 7. The van der Waals surface area contributed by atoms with Crippen LogP contribution in [0.1, 0.15) is 35.2 Å². The Balaban J connectivity index is 1.72. The van der Waals surface area contributed by atoms with Crippen LogP contribution in [-0.4, -0.2) is 41.9 Å². The molecule has 0 fully saturated rings. The smallest absolute Gasteiger partial charge is 0.276 e. The van der Waals surface area contributed by atoms with E-state index < -0.39 is 0 Å². The first kappa shape index (κ1) is 17.8. The Bertz CT molecular complexity index is 870. The Morgan fingerprint density at radius 2 is 2.04 bits per heavy atom. The van der Waals surface area contributed by atoms with Crippen molar-refractivity contribution < 1.29 is 9.18 Å². The highest BCUT2D eigenvalue weighted by atomic mass is 19.1. The second kappa shape index (κ2) is 7.90. The summed E-state index contributed by atoms with van der Waals surface area (Å²) in [7, 11) is 1.90. The zero-order valence-corrected chi connectivity index (χ0v) is 14.8. The molecular weight excluding hydrogens is 335 g/mol. The molecule has 0 atom stereocenters. The molecule has 0 bridgehead atoms. The van der Waals surface area contributed by atoms with E-state index in [1.165, 1.54) is 12.1 Å². The molecule has 1 amide bonds. The number of benzene rings is 1. The predicted molar refractivity (Wildman–Crippen MR) is 93.8 cm³/mol. The van der Waals surface area contributed by atoms with Crippen molar-refractivity contribution in [1.29, 1.82) is 0 Å². The SMILES string of the molecule is CCCN(Cc1nccn1C)C(=O)c1cn(Cc2ccc(F)cc2)nn1. The van der Waals surface area contributed by atoms with Crippen LogP contribution in [0.2, 0.25) is 0 Å². The van der Waals surface area contributed by atoms with Gasteiger partial charge in [-0.3, -0.25) is 4.79 Å². The molecule has 3 aromatic rings. The molecule has 7 nitrogen and oxygen atoms in total. The highest BCUT2D eigenvalue weighted by Crippen LogP contribution is 2.09. The molecule has 0 aliphatic rings. The van der Waals surface area contributed by atoms with Crippen LogP contribution in [0, 0.1) is 5.82 Å². The first-order valence-electron chi connectivity index (χ1n) is 8.47. The maximum absolute atomic E-state index is 13.0. The summed E-state index contributed by atoms with van der Waals surface area (Å²) in [5, 5.41) is 8.02. The minimum atomic E-state index is -0.285. The lowest BCUT2D eigenvalue weighted by Crippen LogP contribution is -2.32. The van der Waals surface area contributed by atoms with Crippen LogP contribution in [0.25, 0.3) is 0 Å². The van der Waals surface area contributed by atoms with Gasteiger partial charge in [0, 0.05) is 26.0 Å². The zero-order chi connectivity index (χ0) is 18.5. The Kier molecular flexibility index (Phi) is 5.40. The summed E-state index contributed by atoms with van der Waals surface area (Å²) >= 11 is 0. The molecule has 1 aromatic carbocycles. The Labute approximate surface area is 151 Å². The molecule has 3 rings (SSSR count). The maximum Gasteiger partial charge on any atom is 0.276 e. The van der Waals surface area contributed by atoms with Crippen LogP contribution in [0.4, 0.5) is 4.39 Å². The van der Waals surface area contributed by atoms with E-state index in [1.54, 1.807) is 34.1 Å². The molecule has 0 radical (unpaired) electrons. The lowest BCUT2D eigenvalue weighted by molar-refractivity contribution is 0.0731. The van der Waals surface area contributed by atoms with E-state index in [-0.39, 0.29) is 17.4 Å². The number of hydrogen-bond acceptors (Lipinski definition) is 4. The van der Waals surface area contributed by atoms with Crippen molar-refractivity contribution in [3.05, 3.63) is 65.8 Å². The van der Waals surface area contributed by atoms with Gasteiger partial charge in [0.1, 0.15) is 11.6 Å². The largest absolute Gasteiger partial charge is 0.337 e. The number of carbonyl (C=O) groups is 1. The van der Waals surface area contributed by atoms with Gasteiger partial charge in [0.15, 0.2) is 5.69 Å². The summed E-state index contributed by atoms with van der Waals surface area (Å²) < 4.78 is 16.5. The fourth-order valence-corrected chi connectivity index (χ4v) is 2.65. The molecule has 0 unspecified atom stereocenters. The fraction of sp³-hybridized carbons (Fsp3) is 0.333. The van der Waals surface area contributed by atoms with Crippen molar-refractivity contribution in [3.8, 4) is 0 Å². The number of nitrogens with zero attached hydrogens (tertiary/aromatic N) is 6.